The minimum absolute atomic E-state index is 0.0468. The topological polar surface area (TPSA) is 114 Å². The number of benzene rings is 2. The number of hydrogen-bond donors (Lipinski definition) is 1. The van der Waals surface area contributed by atoms with E-state index in [-0.39, 0.29) is 16.7 Å². The molecule has 33 heavy (non-hydrogen) atoms. The van der Waals surface area contributed by atoms with Crippen LogP contribution < -0.4 is 14.5 Å². The van der Waals surface area contributed by atoms with E-state index in [0.29, 0.717) is 17.0 Å². The Morgan fingerprint density at radius 2 is 1.79 bits per heavy atom. The molecule has 2 aromatic carbocycles. The summed E-state index contributed by atoms with van der Waals surface area (Å²) in [5.74, 6) is -1.11. The maximum Gasteiger partial charge on any atom is 0.276 e. The van der Waals surface area contributed by atoms with Gasteiger partial charge in [-0.3, -0.25) is 9.59 Å². The summed E-state index contributed by atoms with van der Waals surface area (Å²) in [6.07, 6.45) is 4.62. The van der Waals surface area contributed by atoms with E-state index in [2.05, 4.69) is 9.93 Å². The molecule has 4 unspecified atom stereocenters. The molecule has 3 aliphatic heterocycles. The van der Waals surface area contributed by atoms with Crippen molar-refractivity contribution in [2.24, 2.45) is 16.9 Å². The largest absolute Gasteiger partial charge is 0.497 e. The van der Waals surface area contributed by atoms with Gasteiger partial charge in [0.25, 0.3) is 10.0 Å². The molecular formula is C23H21N3O6S. The number of methoxy groups -OCH3 is 1. The van der Waals surface area contributed by atoms with Crippen LogP contribution in [-0.4, -0.2) is 45.3 Å². The molecule has 9 nitrogen and oxygen atoms in total. The molecule has 0 saturated carbocycles. The Morgan fingerprint density at radius 3 is 2.42 bits per heavy atom. The average molecular weight is 468 g/mol. The highest BCUT2D eigenvalue weighted by Crippen LogP contribution is 2.52. The number of hydrogen-bond acceptors (Lipinski definition) is 7. The molecule has 2 bridgehead atoms. The van der Waals surface area contributed by atoms with Crippen molar-refractivity contribution in [3.8, 4) is 5.75 Å². The number of nitrogens with one attached hydrogen (secondary N) is 1. The van der Waals surface area contributed by atoms with Crippen molar-refractivity contribution in [3.63, 3.8) is 0 Å². The number of carbonyl (C=O) groups is 2. The smallest absolute Gasteiger partial charge is 0.276 e. The molecule has 2 fully saturated rings. The van der Waals surface area contributed by atoms with Gasteiger partial charge in [-0.1, -0.05) is 12.2 Å². The first-order chi connectivity index (χ1) is 15.7. The van der Waals surface area contributed by atoms with E-state index in [4.69, 9.17) is 9.47 Å². The zero-order valence-corrected chi connectivity index (χ0v) is 18.7. The lowest BCUT2D eigenvalue weighted by atomic mass is 9.78. The van der Waals surface area contributed by atoms with Crippen LogP contribution in [0.1, 0.15) is 12.5 Å². The van der Waals surface area contributed by atoms with Gasteiger partial charge in [0, 0.05) is 0 Å². The summed E-state index contributed by atoms with van der Waals surface area (Å²) in [5.41, 5.74) is 0.223. The molecule has 0 aliphatic carbocycles. The van der Waals surface area contributed by atoms with E-state index >= 15 is 0 Å². The Hall–Kier alpha value is -3.50. The second-order valence-corrected chi connectivity index (χ2v) is 9.92. The second-order valence-electron chi connectivity index (χ2n) is 8.26. The predicted molar refractivity (Wildman–Crippen MR) is 119 cm³/mol. The van der Waals surface area contributed by atoms with Crippen LogP contribution >= 0.6 is 0 Å². The number of anilines is 1. The first-order valence-corrected chi connectivity index (χ1v) is 11.8. The number of fused-ring (bicyclic) bond motifs is 5. The van der Waals surface area contributed by atoms with Crippen molar-refractivity contribution in [3.05, 3.63) is 66.2 Å². The van der Waals surface area contributed by atoms with Gasteiger partial charge in [0.1, 0.15) is 5.75 Å². The van der Waals surface area contributed by atoms with Gasteiger partial charge in [-0.25, -0.2) is 9.73 Å². The summed E-state index contributed by atoms with van der Waals surface area (Å²) in [6, 6.07) is 12.5. The molecule has 3 heterocycles. The summed E-state index contributed by atoms with van der Waals surface area (Å²) >= 11 is 0. The molecule has 0 aromatic heterocycles. The zero-order valence-electron chi connectivity index (χ0n) is 17.8. The van der Waals surface area contributed by atoms with Gasteiger partial charge in [-0.2, -0.15) is 13.5 Å². The van der Waals surface area contributed by atoms with E-state index in [9.17, 15) is 18.0 Å². The van der Waals surface area contributed by atoms with Crippen molar-refractivity contribution >= 4 is 33.7 Å². The Kier molecular flexibility index (Phi) is 4.87. The highest BCUT2D eigenvalue weighted by Gasteiger charge is 2.66. The molecule has 2 saturated heterocycles. The molecule has 0 radical (unpaired) electrons. The minimum Gasteiger partial charge on any atom is -0.497 e. The lowest BCUT2D eigenvalue weighted by molar-refractivity contribution is -0.126. The third-order valence-corrected chi connectivity index (χ3v) is 7.48. The molecule has 170 valence electrons. The van der Waals surface area contributed by atoms with Gasteiger partial charge in [0.05, 0.1) is 47.4 Å². The minimum atomic E-state index is -3.93. The van der Waals surface area contributed by atoms with Crippen LogP contribution in [0.2, 0.25) is 0 Å². The van der Waals surface area contributed by atoms with Gasteiger partial charge < -0.3 is 9.47 Å². The van der Waals surface area contributed by atoms with Crippen LogP contribution in [0, 0.1) is 11.8 Å². The zero-order chi connectivity index (χ0) is 23.4. The highest BCUT2D eigenvalue weighted by molar-refractivity contribution is 7.89. The third kappa shape index (κ3) is 3.42. The third-order valence-electron chi connectivity index (χ3n) is 6.24. The normalized spacial score (nSPS) is 28.1. The van der Waals surface area contributed by atoms with Crippen LogP contribution in [0.4, 0.5) is 5.69 Å². The van der Waals surface area contributed by atoms with Gasteiger partial charge in [0.15, 0.2) is 0 Å². The highest BCUT2D eigenvalue weighted by atomic mass is 32.2. The standard InChI is InChI=1S/C23H21N3O6S/c1-23-12-11-18(32-23)19-20(23)22(28)26(21(19)27)15-5-9-17(10-6-15)33(29,30)25-24-13-14-3-7-16(31-2)8-4-14/h3-13,18-20,25H,1-2H3/b24-13+. The molecule has 1 N–H and O–H groups in total. The van der Waals surface area contributed by atoms with E-state index in [1.54, 1.807) is 38.3 Å². The molecule has 10 heteroatoms. The summed E-state index contributed by atoms with van der Waals surface area (Å²) in [4.78, 5) is 29.2. The Morgan fingerprint density at radius 1 is 1.09 bits per heavy atom. The summed E-state index contributed by atoms with van der Waals surface area (Å²) in [6.45, 7) is 1.80. The number of nitrogens with zero attached hydrogens (tertiary/aromatic N) is 2. The number of carbonyl (C=O) groups excluding carboxylic acids is 2. The summed E-state index contributed by atoms with van der Waals surface area (Å²) < 4.78 is 36.0. The fourth-order valence-corrected chi connectivity index (χ4v) is 5.39. The molecular weight excluding hydrogens is 446 g/mol. The number of imide groups is 1. The van der Waals surface area contributed by atoms with Gasteiger partial charge in [-0.15, -0.1) is 0 Å². The van der Waals surface area contributed by atoms with Crippen LogP contribution in [0.5, 0.6) is 5.75 Å². The van der Waals surface area contributed by atoms with Crippen molar-refractivity contribution < 1.29 is 27.5 Å². The SMILES string of the molecule is COc1ccc(/C=N/NS(=O)(=O)c2ccc(N3C(=O)C4C5C=CC(C)(O5)C4C3=O)cc2)cc1. The molecule has 5 rings (SSSR count). The van der Waals surface area contributed by atoms with Crippen LogP contribution in [-0.2, 0) is 24.3 Å². The van der Waals surface area contributed by atoms with Crippen molar-refractivity contribution in [1.29, 1.82) is 0 Å². The number of rotatable bonds is 6. The number of sulfonamides is 1. The quantitative estimate of drug-likeness (QED) is 0.300. The number of hydrazone groups is 1. The van der Waals surface area contributed by atoms with Crippen LogP contribution in [0.15, 0.2) is 70.7 Å². The van der Waals surface area contributed by atoms with E-state index in [0.717, 1.165) is 4.90 Å². The lowest BCUT2D eigenvalue weighted by Crippen LogP contribution is -2.38. The fraction of sp³-hybridized carbons (Fsp3) is 0.261. The average Bonchev–Trinajstić information content (AvgIpc) is 3.42. The van der Waals surface area contributed by atoms with Crippen molar-refractivity contribution in [2.75, 3.05) is 12.0 Å². The molecule has 0 spiro atoms. The lowest BCUT2D eigenvalue weighted by Gasteiger charge is -2.24. The monoisotopic (exact) mass is 467 g/mol. The number of ether oxygens (including phenoxy) is 2. The first kappa shape index (κ1) is 21.4. The van der Waals surface area contributed by atoms with Gasteiger partial charge in [-0.05, 0) is 61.0 Å². The molecule has 3 aliphatic rings. The van der Waals surface area contributed by atoms with E-state index < -0.39 is 33.6 Å². The predicted octanol–water partition coefficient (Wildman–Crippen LogP) is 1.84. The van der Waals surface area contributed by atoms with Crippen LogP contribution in [0.3, 0.4) is 0 Å². The van der Waals surface area contributed by atoms with E-state index in [1.165, 1.54) is 30.5 Å². The number of amides is 2. The Bertz CT molecular complexity index is 1290. The summed E-state index contributed by atoms with van der Waals surface area (Å²) in [7, 11) is -2.38. The first-order valence-electron chi connectivity index (χ1n) is 10.3. The van der Waals surface area contributed by atoms with Crippen molar-refractivity contribution in [1.82, 2.24) is 4.83 Å². The maximum atomic E-state index is 13.0. The second kappa shape index (κ2) is 7.53. The molecule has 4 atom stereocenters. The van der Waals surface area contributed by atoms with Gasteiger partial charge >= 0.3 is 0 Å². The maximum absolute atomic E-state index is 13.0. The van der Waals surface area contributed by atoms with Crippen molar-refractivity contribution in [2.45, 2.75) is 23.5 Å². The fourth-order valence-electron chi connectivity index (χ4n) is 4.59. The summed E-state index contributed by atoms with van der Waals surface area (Å²) in [5, 5.41) is 3.80. The molecule has 2 amide bonds. The van der Waals surface area contributed by atoms with Gasteiger partial charge in [0.2, 0.25) is 11.8 Å². The molecule has 2 aromatic rings. The Balaban J connectivity index is 1.30. The van der Waals surface area contributed by atoms with Crippen LogP contribution in [0.25, 0.3) is 0 Å². The Labute approximate surface area is 190 Å². The van der Waals surface area contributed by atoms with E-state index in [1.807, 2.05) is 12.2 Å².